The molecule has 4 aromatic carbocycles. The third-order valence-electron chi connectivity index (χ3n) is 11.3. The van der Waals surface area contributed by atoms with E-state index in [9.17, 15) is 62.9 Å². The van der Waals surface area contributed by atoms with Crippen molar-refractivity contribution in [2.45, 2.75) is 45.3 Å². The van der Waals surface area contributed by atoms with Gasteiger partial charge in [-0.3, -0.25) is 19.7 Å². The molecule has 2 aliphatic rings. The molecule has 0 fully saturated rings. The number of aromatic nitrogens is 8. The van der Waals surface area contributed by atoms with Gasteiger partial charge < -0.3 is 57.9 Å². The van der Waals surface area contributed by atoms with Gasteiger partial charge in [0.15, 0.2) is 19.7 Å². The summed E-state index contributed by atoms with van der Waals surface area (Å²) >= 11 is 2.58. The Morgan fingerprint density at radius 3 is 1.31 bits per heavy atom. The van der Waals surface area contributed by atoms with E-state index in [1.807, 2.05) is 0 Å². The minimum Gasteiger partial charge on any atom is -0.748 e. The first-order valence-electron chi connectivity index (χ1n) is 22.6. The molecule has 1 radical (unpaired) electrons. The standard InChI is InChI=1S/C44H36N8O20S8.Cu.4Li/c53-35(11-13-73-71-69-55)67-75-23-3-7-27-31(19-23)42-46-37(27)45-41-32-20-24(76-68-36(54)12-14-74-72-70-56)4-8-28(32)38(47-41)49-43-34-22-26(78(59,60)16-2-18-80(64,65)66)6-10-30(34)40(51-43)52-44-33-21-25(5-9-29(33)39(48-42)50-44)77(57,58)15-1-17-79(61,62)63;;;;;/h3-10,19-22H,1-2,11-18H2,(H4-2,45,46,47,48,49,50,51,52,55,56,61,62,63,64,65,66);;;;;/q-2;+2;4*+1/p-4. The largest absolute Gasteiger partial charge is 2.00 e. The Morgan fingerprint density at radius 1 is 0.459 bits per heavy atom. The van der Waals surface area contributed by atoms with Gasteiger partial charge in [0.1, 0.15) is 0 Å². The minimum atomic E-state index is -4.75. The van der Waals surface area contributed by atoms with Gasteiger partial charge in [0.05, 0.1) is 102 Å². The SMILES string of the molecule is O=C(CCSOO[O-])OSc1ccc2c(c1)-c1nc-2nc2[n-]c(nc3nc(nc4[n-]c(n1)c1ccc(S(=O)(=O)CCCS(=O)(=O)[O-])cc41)-c1ccc(S(=O)(=O)CCCS(=O)(=O)[O-])cc1-3)c1ccc(SOC(=O)CCSOO[O-])cc21.[Cu+2].[Li+].[Li+].[Li+].[Li+]. The fourth-order valence-corrected chi connectivity index (χ4v) is 13.7. The van der Waals surface area contributed by atoms with Gasteiger partial charge in [-0.05, 0) is 82.9 Å². The molecule has 5 heterocycles. The van der Waals surface area contributed by atoms with Gasteiger partial charge in [-0.15, -0.1) is 0 Å². The van der Waals surface area contributed by atoms with Crippen LogP contribution in [0.4, 0.5) is 0 Å². The molecule has 0 saturated carbocycles. The first-order valence-corrected chi connectivity index (χ1v) is 32.4. The van der Waals surface area contributed by atoms with E-state index in [1.165, 1.54) is 36.4 Å². The molecule has 0 spiro atoms. The molecule has 7 aromatic rings. The van der Waals surface area contributed by atoms with Crippen molar-refractivity contribution in [3.8, 4) is 45.6 Å². The van der Waals surface area contributed by atoms with Crippen molar-refractivity contribution in [3.05, 3.63) is 72.8 Å². The van der Waals surface area contributed by atoms with Crippen molar-refractivity contribution < 1.29 is 183 Å². The summed E-state index contributed by atoms with van der Waals surface area (Å²) in [6.07, 6.45) is -1.34. The van der Waals surface area contributed by atoms with E-state index < -0.39 is 87.7 Å². The Labute approximate surface area is 558 Å². The second kappa shape index (κ2) is 32.1. The zero-order valence-electron chi connectivity index (χ0n) is 44.3. The first kappa shape index (κ1) is 74.4. The number of fused-ring (bicyclic) bond motifs is 20. The van der Waals surface area contributed by atoms with Crippen LogP contribution in [0, 0.1) is 0 Å². The van der Waals surface area contributed by atoms with Crippen LogP contribution in [0.1, 0.15) is 25.7 Å². The molecule has 2 aliphatic heterocycles. The molecule has 431 valence electrons. The van der Waals surface area contributed by atoms with Gasteiger partial charge in [0, 0.05) is 102 Å². The van der Waals surface area contributed by atoms with Crippen molar-refractivity contribution in [2.24, 2.45) is 0 Å². The quantitative estimate of drug-likeness (QED) is 0.0135. The summed E-state index contributed by atoms with van der Waals surface area (Å²) in [5, 5.41) is 27.8. The number of sulfone groups is 2. The summed E-state index contributed by atoms with van der Waals surface area (Å²) in [5.41, 5.74) is 0.700. The fraction of sp³-hybridized carbons (Fsp3) is 0.227. The van der Waals surface area contributed by atoms with Crippen molar-refractivity contribution in [3.63, 3.8) is 0 Å². The van der Waals surface area contributed by atoms with Crippen LogP contribution in [0.15, 0.2) is 92.4 Å². The summed E-state index contributed by atoms with van der Waals surface area (Å²) < 4.78 is 142. The van der Waals surface area contributed by atoms with Crippen LogP contribution in [-0.2, 0) is 93.7 Å². The topological polar surface area (TPSA) is 424 Å². The predicted octanol–water partition coefficient (Wildman–Crippen LogP) is -8.82. The van der Waals surface area contributed by atoms with Gasteiger partial charge in [-0.2, -0.15) is 8.67 Å². The third kappa shape index (κ3) is 19.0. The van der Waals surface area contributed by atoms with Crippen LogP contribution in [0.25, 0.3) is 89.7 Å². The summed E-state index contributed by atoms with van der Waals surface area (Å²) in [7, 11) is -18.0. The van der Waals surface area contributed by atoms with E-state index >= 15 is 0 Å². The van der Waals surface area contributed by atoms with Crippen LogP contribution in [0.5, 0.6) is 0 Å². The second-order valence-corrected chi connectivity index (χ2v) is 27.1. The predicted molar refractivity (Wildman–Crippen MR) is 279 cm³/mol. The van der Waals surface area contributed by atoms with Gasteiger partial charge in [-0.25, -0.2) is 43.6 Å². The summed E-state index contributed by atoms with van der Waals surface area (Å²) in [5.74, 6) is -4.87. The van der Waals surface area contributed by atoms with E-state index in [0.29, 0.717) is 79.9 Å². The van der Waals surface area contributed by atoms with Crippen molar-refractivity contribution in [1.82, 2.24) is 39.9 Å². The maximum Gasteiger partial charge on any atom is 2.00 e. The number of hydrogen-bond donors (Lipinski definition) is 0. The minimum absolute atomic E-state index is 0. The molecule has 8 bridgehead atoms. The normalized spacial score (nSPS) is 11.9. The molecule has 0 amide bonds. The molecule has 0 aliphatic carbocycles. The van der Waals surface area contributed by atoms with Crippen LogP contribution in [-0.4, -0.2) is 119 Å². The Bertz CT molecular complexity index is 4280. The molecule has 0 atom stereocenters. The number of carbonyl (C=O) groups is 2. The molecule has 3 aromatic heterocycles. The number of rotatable bonds is 24. The van der Waals surface area contributed by atoms with E-state index in [2.05, 4.69) is 18.7 Å². The average molecular weight is 1340 g/mol. The molecular weight excluding hydrogens is 1310 g/mol. The van der Waals surface area contributed by atoms with E-state index in [-0.39, 0.29) is 194 Å². The molecule has 28 nitrogen and oxygen atoms in total. The molecular formula is C44H32CuLi4N8O20S8. The zero-order chi connectivity index (χ0) is 57.0. The monoisotopic (exact) mass is 1340 g/mol. The third-order valence-corrected chi connectivity index (χ3v) is 19.0. The van der Waals surface area contributed by atoms with Crippen LogP contribution >= 0.6 is 48.2 Å². The van der Waals surface area contributed by atoms with E-state index in [0.717, 1.165) is 0 Å². The Kier molecular flexibility index (Phi) is 28.1. The van der Waals surface area contributed by atoms with Gasteiger partial charge in [-0.1, -0.05) is 24.3 Å². The van der Waals surface area contributed by atoms with Crippen LogP contribution in [0.3, 0.4) is 0 Å². The maximum atomic E-state index is 13.7. The number of carbonyl (C=O) groups excluding carboxylic acids is 2. The molecule has 9 rings (SSSR count). The van der Waals surface area contributed by atoms with Crippen LogP contribution < -0.4 is 95.9 Å². The van der Waals surface area contributed by atoms with Crippen molar-refractivity contribution in [1.29, 1.82) is 0 Å². The average Bonchev–Trinajstić information content (AvgIpc) is 4.09. The summed E-state index contributed by atoms with van der Waals surface area (Å²) in [4.78, 5) is 63.6. The van der Waals surface area contributed by atoms with Crippen LogP contribution in [0.2, 0.25) is 0 Å². The first-order chi connectivity index (χ1) is 38.1. The van der Waals surface area contributed by atoms with Crippen molar-refractivity contribution in [2.75, 3.05) is 34.5 Å². The van der Waals surface area contributed by atoms with E-state index in [1.54, 1.807) is 36.4 Å². The Morgan fingerprint density at radius 2 is 0.835 bits per heavy atom. The van der Waals surface area contributed by atoms with E-state index in [4.69, 9.17) is 48.2 Å². The number of nitrogens with zero attached hydrogens (tertiary/aromatic N) is 8. The van der Waals surface area contributed by atoms with Gasteiger partial charge >= 0.3 is 104 Å². The molecule has 85 heavy (non-hydrogen) atoms. The molecule has 41 heteroatoms. The maximum absolute atomic E-state index is 13.7. The van der Waals surface area contributed by atoms with Gasteiger partial charge in [0.2, 0.25) is 0 Å². The molecule has 0 saturated heterocycles. The fourth-order valence-electron chi connectivity index (χ4n) is 7.79. The molecule has 0 unspecified atom stereocenters. The number of hydrogen-bond acceptors (Lipinski definition) is 30. The Hall–Kier alpha value is -3.03. The van der Waals surface area contributed by atoms with Gasteiger partial charge in [0.25, 0.3) is 0 Å². The smallest absolute Gasteiger partial charge is 0.748 e. The number of benzene rings is 4. The summed E-state index contributed by atoms with van der Waals surface area (Å²) in [6, 6.07) is 17.2. The molecule has 0 N–H and O–H groups in total. The zero-order valence-corrected chi connectivity index (χ0v) is 51.8. The summed E-state index contributed by atoms with van der Waals surface area (Å²) in [6.45, 7) is 0. The Balaban J connectivity index is 0.00000310. The van der Waals surface area contributed by atoms with Crippen molar-refractivity contribution >= 4 is 144 Å². The second-order valence-electron chi connectivity index (χ2n) is 16.7.